The average molecular weight is 313 g/mol. The zero-order valence-electron chi connectivity index (χ0n) is 12.6. The summed E-state index contributed by atoms with van der Waals surface area (Å²) >= 11 is 1.71. The van der Waals surface area contributed by atoms with E-state index in [0.717, 1.165) is 29.0 Å². The van der Waals surface area contributed by atoms with Crippen LogP contribution >= 0.6 is 11.3 Å². The Morgan fingerprint density at radius 1 is 1.18 bits per heavy atom. The number of benzene rings is 1. The van der Waals surface area contributed by atoms with Crippen LogP contribution in [0.2, 0.25) is 0 Å². The fourth-order valence-corrected chi connectivity index (χ4v) is 3.43. The Morgan fingerprint density at radius 3 is 2.73 bits per heavy atom. The molecule has 0 saturated heterocycles. The predicted molar refractivity (Wildman–Crippen MR) is 91.4 cm³/mol. The molecule has 0 saturated carbocycles. The van der Waals surface area contributed by atoms with Gasteiger partial charge in [0.25, 0.3) is 0 Å². The number of aromatic nitrogens is 2. The summed E-state index contributed by atoms with van der Waals surface area (Å²) in [7, 11) is 0. The Bertz CT molecular complexity index is 742. The van der Waals surface area contributed by atoms with Crippen LogP contribution in [0.3, 0.4) is 0 Å². The molecular formula is C17H19N3OS. The number of hydrogen-bond donors (Lipinski definition) is 1. The Labute approximate surface area is 134 Å². The summed E-state index contributed by atoms with van der Waals surface area (Å²) in [6.45, 7) is 3.53. The maximum Gasteiger partial charge on any atom is 0.141 e. The van der Waals surface area contributed by atoms with Gasteiger partial charge in [0, 0.05) is 18.0 Å². The van der Waals surface area contributed by atoms with Gasteiger partial charge in [0.05, 0.1) is 12.0 Å². The van der Waals surface area contributed by atoms with Crippen molar-refractivity contribution in [1.29, 1.82) is 0 Å². The van der Waals surface area contributed by atoms with Crippen LogP contribution < -0.4 is 4.90 Å². The standard InChI is InChI=1S/C17H19N3OS/c1-2-14-10-15-16(18-12-19-17(15)22-14)20(8-9-21)11-13-6-4-3-5-7-13/h3-7,10,12,21H,2,8-9,11H2,1H3. The largest absolute Gasteiger partial charge is 0.395 e. The first-order chi connectivity index (χ1) is 10.8. The maximum absolute atomic E-state index is 9.42. The zero-order chi connectivity index (χ0) is 15.4. The van der Waals surface area contributed by atoms with E-state index >= 15 is 0 Å². The quantitative estimate of drug-likeness (QED) is 0.759. The van der Waals surface area contributed by atoms with Crippen LogP contribution in [0, 0.1) is 0 Å². The highest BCUT2D eigenvalue weighted by atomic mass is 32.1. The van der Waals surface area contributed by atoms with Crippen LogP contribution in [0.15, 0.2) is 42.7 Å². The summed E-state index contributed by atoms with van der Waals surface area (Å²) in [4.78, 5) is 13.3. The molecule has 4 nitrogen and oxygen atoms in total. The molecule has 0 unspecified atom stereocenters. The van der Waals surface area contributed by atoms with E-state index in [9.17, 15) is 5.11 Å². The predicted octanol–water partition coefficient (Wildman–Crippen LogP) is 3.25. The summed E-state index contributed by atoms with van der Waals surface area (Å²) in [5.41, 5.74) is 1.20. The van der Waals surface area contributed by atoms with Gasteiger partial charge in [0.15, 0.2) is 0 Å². The van der Waals surface area contributed by atoms with Gasteiger partial charge >= 0.3 is 0 Å². The molecule has 1 aromatic carbocycles. The minimum atomic E-state index is 0.100. The molecular weight excluding hydrogens is 294 g/mol. The van der Waals surface area contributed by atoms with Gasteiger partial charge in [-0.3, -0.25) is 0 Å². The number of hydrogen-bond acceptors (Lipinski definition) is 5. The van der Waals surface area contributed by atoms with Crippen LogP contribution in [-0.2, 0) is 13.0 Å². The minimum Gasteiger partial charge on any atom is -0.395 e. The SMILES string of the molecule is CCc1cc2c(N(CCO)Cc3ccccc3)ncnc2s1. The monoisotopic (exact) mass is 313 g/mol. The summed E-state index contributed by atoms with van der Waals surface area (Å²) in [6.07, 6.45) is 2.61. The number of aryl methyl sites for hydroxylation is 1. The molecule has 114 valence electrons. The molecule has 0 fully saturated rings. The molecule has 0 aliphatic rings. The maximum atomic E-state index is 9.42. The topological polar surface area (TPSA) is 49.2 Å². The van der Waals surface area contributed by atoms with E-state index in [-0.39, 0.29) is 6.61 Å². The van der Waals surface area contributed by atoms with Crippen molar-refractivity contribution >= 4 is 27.4 Å². The number of aliphatic hydroxyl groups is 1. The minimum absolute atomic E-state index is 0.100. The Balaban J connectivity index is 1.99. The van der Waals surface area contributed by atoms with Gasteiger partial charge in [-0.2, -0.15) is 0 Å². The van der Waals surface area contributed by atoms with Gasteiger partial charge in [-0.05, 0) is 18.1 Å². The molecule has 5 heteroatoms. The lowest BCUT2D eigenvalue weighted by Crippen LogP contribution is -2.27. The highest BCUT2D eigenvalue weighted by Gasteiger charge is 2.14. The molecule has 0 bridgehead atoms. The van der Waals surface area contributed by atoms with E-state index in [0.29, 0.717) is 6.54 Å². The van der Waals surface area contributed by atoms with Gasteiger partial charge < -0.3 is 10.0 Å². The van der Waals surface area contributed by atoms with Crippen molar-refractivity contribution in [2.24, 2.45) is 0 Å². The molecule has 1 N–H and O–H groups in total. The van der Waals surface area contributed by atoms with Gasteiger partial charge in [0.2, 0.25) is 0 Å². The van der Waals surface area contributed by atoms with Crippen LogP contribution in [-0.4, -0.2) is 28.2 Å². The molecule has 0 radical (unpaired) electrons. The highest BCUT2D eigenvalue weighted by Crippen LogP contribution is 2.31. The van der Waals surface area contributed by atoms with E-state index in [1.165, 1.54) is 10.4 Å². The molecule has 3 aromatic rings. The van der Waals surface area contributed by atoms with Crippen molar-refractivity contribution in [2.75, 3.05) is 18.1 Å². The van der Waals surface area contributed by atoms with E-state index in [2.05, 4.69) is 40.0 Å². The Kier molecular flexibility index (Phi) is 4.65. The van der Waals surface area contributed by atoms with Crippen LogP contribution in [0.1, 0.15) is 17.4 Å². The summed E-state index contributed by atoms with van der Waals surface area (Å²) < 4.78 is 0. The normalized spacial score (nSPS) is 11.0. The fraction of sp³-hybridized carbons (Fsp3) is 0.294. The lowest BCUT2D eigenvalue weighted by molar-refractivity contribution is 0.301. The van der Waals surface area contributed by atoms with Gasteiger partial charge in [0.1, 0.15) is 17.0 Å². The van der Waals surface area contributed by atoms with E-state index < -0.39 is 0 Å². The summed E-state index contributed by atoms with van der Waals surface area (Å²) in [5, 5.41) is 10.5. The molecule has 0 atom stereocenters. The first-order valence-electron chi connectivity index (χ1n) is 7.45. The second kappa shape index (κ2) is 6.85. The molecule has 0 amide bonds. The first-order valence-corrected chi connectivity index (χ1v) is 8.26. The van der Waals surface area contributed by atoms with E-state index in [1.807, 2.05) is 18.2 Å². The number of fused-ring (bicyclic) bond motifs is 1. The molecule has 0 aliphatic carbocycles. The summed E-state index contributed by atoms with van der Waals surface area (Å²) in [6, 6.07) is 12.4. The van der Waals surface area contributed by atoms with Crippen LogP contribution in [0.25, 0.3) is 10.2 Å². The third-order valence-corrected chi connectivity index (χ3v) is 4.78. The van der Waals surface area contributed by atoms with Crippen molar-refractivity contribution in [1.82, 2.24) is 9.97 Å². The zero-order valence-corrected chi connectivity index (χ0v) is 13.4. The Hall–Kier alpha value is -1.98. The second-order valence-electron chi connectivity index (χ2n) is 5.11. The average Bonchev–Trinajstić information content (AvgIpc) is 2.98. The second-order valence-corrected chi connectivity index (χ2v) is 6.23. The van der Waals surface area contributed by atoms with Crippen molar-refractivity contribution in [3.05, 3.63) is 53.2 Å². The number of nitrogens with zero attached hydrogens (tertiary/aromatic N) is 3. The first kappa shape index (κ1) is 14.9. The molecule has 3 rings (SSSR count). The van der Waals surface area contributed by atoms with Crippen molar-refractivity contribution in [2.45, 2.75) is 19.9 Å². The number of rotatable bonds is 6. The van der Waals surface area contributed by atoms with Gasteiger partial charge in [-0.1, -0.05) is 37.3 Å². The lowest BCUT2D eigenvalue weighted by atomic mass is 10.2. The van der Waals surface area contributed by atoms with Crippen LogP contribution in [0.5, 0.6) is 0 Å². The lowest BCUT2D eigenvalue weighted by Gasteiger charge is -2.23. The molecule has 2 heterocycles. The van der Waals surface area contributed by atoms with Crippen LogP contribution in [0.4, 0.5) is 5.82 Å². The third kappa shape index (κ3) is 3.10. The number of thiophene rings is 1. The summed E-state index contributed by atoms with van der Waals surface area (Å²) in [5.74, 6) is 0.902. The van der Waals surface area contributed by atoms with Crippen molar-refractivity contribution in [3.63, 3.8) is 0 Å². The smallest absolute Gasteiger partial charge is 0.141 e. The van der Waals surface area contributed by atoms with Crippen molar-refractivity contribution in [3.8, 4) is 0 Å². The number of anilines is 1. The van der Waals surface area contributed by atoms with Gasteiger partial charge in [-0.25, -0.2) is 9.97 Å². The van der Waals surface area contributed by atoms with E-state index in [1.54, 1.807) is 17.7 Å². The van der Waals surface area contributed by atoms with E-state index in [4.69, 9.17) is 0 Å². The molecule has 22 heavy (non-hydrogen) atoms. The third-order valence-electron chi connectivity index (χ3n) is 3.59. The number of aliphatic hydroxyl groups excluding tert-OH is 1. The Morgan fingerprint density at radius 2 is 2.00 bits per heavy atom. The van der Waals surface area contributed by atoms with Gasteiger partial charge in [-0.15, -0.1) is 11.3 Å². The molecule has 2 aromatic heterocycles. The molecule has 0 spiro atoms. The highest BCUT2D eigenvalue weighted by molar-refractivity contribution is 7.18. The fourth-order valence-electron chi connectivity index (χ4n) is 2.50. The molecule has 0 aliphatic heterocycles. The van der Waals surface area contributed by atoms with Crippen molar-refractivity contribution < 1.29 is 5.11 Å².